The summed E-state index contributed by atoms with van der Waals surface area (Å²) in [7, 11) is 2.09. The number of aromatic nitrogens is 5. The van der Waals surface area contributed by atoms with E-state index in [2.05, 4.69) is 44.1 Å². The number of aliphatic carboxylic acids is 2. The fraction of sp³-hybridized carbons (Fsp3) is 0.231. The van der Waals surface area contributed by atoms with E-state index >= 15 is 0 Å². The number of pyridine rings is 1. The van der Waals surface area contributed by atoms with Gasteiger partial charge in [0, 0.05) is 55.1 Å². The maximum absolute atomic E-state index is 12.1. The van der Waals surface area contributed by atoms with E-state index in [0.717, 1.165) is 30.8 Å². The van der Waals surface area contributed by atoms with Crippen molar-refractivity contribution in [2.45, 2.75) is 25.4 Å². The van der Waals surface area contributed by atoms with Crippen LogP contribution in [0.25, 0.3) is 22.6 Å². The SMILES string of the molecule is CN(CCn1cccn1)Cc1ccc(-c2nc(-c3cccnc3)cc(=O)[nH]2)cc1.O=C(O)C(F)(F)F.O=C(O)C(F)(F)F. The first-order valence-corrected chi connectivity index (χ1v) is 11.9. The van der Waals surface area contributed by atoms with Crippen LogP contribution in [0.1, 0.15) is 5.56 Å². The molecule has 0 spiro atoms. The lowest BCUT2D eigenvalue weighted by Crippen LogP contribution is -2.23. The van der Waals surface area contributed by atoms with Crippen LogP contribution in [0.5, 0.6) is 0 Å². The minimum atomic E-state index is -5.08. The third-order valence-corrected chi connectivity index (χ3v) is 5.13. The van der Waals surface area contributed by atoms with Gasteiger partial charge in [-0.15, -0.1) is 0 Å². The molecule has 0 atom stereocenters. The van der Waals surface area contributed by atoms with Crippen molar-refractivity contribution in [1.82, 2.24) is 29.6 Å². The molecular formula is C26H24F6N6O5. The molecule has 1 aromatic carbocycles. The highest BCUT2D eigenvalue weighted by Crippen LogP contribution is 2.20. The summed E-state index contributed by atoms with van der Waals surface area (Å²) >= 11 is 0. The molecule has 0 bridgehead atoms. The topological polar surface area (TPSA) is 154 Å². The Morgan fingerprint density at radius 1 is 0.930 bits per heavy atom. The van der Waals surface area contributed by atoms with E-state index in [-0.39, 0.29) is 5.56 Å². The van der Waals surface area contributed by atoms with Crippen molar-refractivity contribution in [3.8, 4) is 22.6 Å². The van der Waals surface area contributed by atoms with Crippen LogP contribution in [0.4, 0.5) is 26.3 Å². The van der Waals surface area contributed by atoms with Gasteiger partial charge in [-0.2, -0.15) is 31.4 Å². The molecule has 3 heterocycles. The normalized spacial score (nSPS) is 11.2. The van der Waals surface area contributed by atoms with E-state index in [1.807, 2.05) is 41.2 Å². The van der Waals surface area contributed by atoms with E-state index < -0.39 is 24.3 Å². The van der Waals surface area contributed by atoms with Crippen LogP contribution in [0.3, 0.4) is 0 Å². The number of benzene rings is 1. The first-order valence-electron chi connectivity index (χ1n) is 11.9. The minimum Gasteiger partial charge on any atom is -0.475 e. The van der Waals surface area contributed by atoms with Gasteiger partial charge in [0.05, 0.1) is 12.2 Å². The number of hydrogen-bond donors (Lipinski definition) is 3. The van der Waals surface area contributed by atoms with Gasteiger partial charge in [0.2, 0.25) is 0 Å². The second-order valence-corrected chi connectivity index (χ2v) is 8.53. The number of H-pyrrole nitrogens is 1. The highest BCUT2D eigenvalue weighted by Gasteiger charge is 2.38. The standard InChI is InChI=1S/C22H22N6O.2C2HF3O2/c1-27(12-13-28-11-3-10-24-28)16-17-5-7-18(8-6-17)22-25-20(14-21(29)26-22)19-4-2-9-23-15-19;2*3-2(4,5)1(6)7/h2-11,14-15H,12-13,16H2,1H3,(H,25,26,29);2*(H,6,7). The van der Waals surface area contributed by atoms with Crippen LogP contribution < -0.4 is 5.56 Å². The number of aromatic amines is 1. The van der Waals surface area contributed by atoms with E-state index in [4.69, 9.17) is 19.8 Å². The Morgan fingerprint density at radius 2 is 1.53 bits per heavy atom. The molecule has 17 heteroatoms. The molecule has 0 aliphatic heterocycles. The van der Waals surface area contributed by atoms with Crippen molar-refractivity contribution >= 4 is 11.9 Å². The van der Waals surface area contributed by atoms with Gasteiger partial charge in [-0.3, -0.25) is 14.5 Å². The molecule has 0 amide bonds. The van der Waals surface area contributed by atoms with Gasteiger partial charge in [0.25, 0.3) is 5.56 Å². The highest BCUT2D eigenvalue weighted by atomic mass is 19.4. The quantitative estimate of drug-likeness (QED) is 0.261. The molecule has 0 saturated carbocycles. The summed E-state index contributed by atoms with van der Waals surface area (Å²) in [6.45, 7) is 2.60. The predicted molar refractivity (Wildman–Crippen MR) is 139 cm³/mol. The second-order valence-electron chi connectivity index (χ2n) is 8.53. The van der Waals surface area contributed by atoms with Crippen molar-refractivity contribution in [1.29, 1.82) is 0 Å². The number of carboxylic acid groups (broad SMARTS) is 2. The monoisotopic (exact) mass is 614 g/mol. The lowest BCUT2D eigenvalue weighted by atomic mass is 10.1. The summed E-state index contributed by atoms with van der Waals surface area (Å²) in [6, 6.07) is 15.2. The second kappa shape index (κ2) is 15.2. The molecule has 3 N–H and O–H groups in total. The van der Waals surface area contributed by atoms with E-state index in [1.165, 1.54) is 11.6 Å². The minimum absolute atomic E-state index is 0.184. The number of rotatable bonds is 7. The molecule has 230 valence electrons. The summed E-state index contributed by atoms with van der Waals surface area (Å²) in [5.74, 6) is -4.96. The molecule has 11 nitrogen and oxygen atoms in total. The number of halogens is 6. The van der Waals surface area contributed by atoms with Crippen LogP contribution in [-0.2, 0) is 22.7 Å². The number of hydrogen-bond acceptors (Lipinski definition) is 7. The average Bonchev–Trinajstić information content (AvgIpc) is 3.46. The first kappa shape index (κ1) is 34.1. The van der Waals surface area contributed by atoms with Crippen molar-refractivity contribution in [2.75, 3.05) is 13.6 Å². The third-order valence-electron chi connectivity index (χ3n) is 5.13. The van der Waals surface area contributed by atoms with Crippen LogP contribution >= 0.6 is 0 Å². The van der Waals surface area contributed by atoms with Gasteiger partial charge >= 0.3 is 24.3 Å². The van der Waals surface area contributed by atoms with Crippen molar-refractivity contribution in [3.05, 3.63) is 89.2 Å². The Labute approximate surface area is 239 Å². The lowest BCUT2D eigenvalue weighted by molar-refractivity contribution is -0.193. The smallest absolute Gasteiger partial charge is 0.475 e. The largest absolute Gasteiger partial charge is 0.490 e. The van der Waals surface area contributed by atoms with Gasteiger partial charge in [0.1, 0.15) is 5.82 Å². The summed E-state index contributed by atoms with van der Waals surface area (Å²) in [4.78, 5) is 43.7. The van der Waals surface area contributed by atoms with Crippen LogP contribution in [0, 0.1) is 0 Å². The number of alkyl halides is 6. The fourth-order valence-corrected chi connectivity index (χ4v) is 3.12. The molecule has 4 aromatic rings. The number of nitrogens with zero attached hydrogens (tertiary/aromatic N) is 5. The van der Waals surface area contributed by atoms with Crippen LogP contribution in [0.15, 0.2) is 78.1 Å². The average molecular weight is 615 g/mol. The maximum atomic E-state index is 12.1. The summed E-state index contributed by atoms with van der Waals surface area (Å²) in [6.07, 6.45) is -3.01. The zero-order valence-electron chi connectivity index (χ0n) is 22.2. The zero-order valence-corrected chi connectivity index (χ0v) is 22.2. The van der Waals surface area contributed by atoms with Crippen LogP contribution in [-0.4, -0.2) is 77.7 Å². The summed E-state index contributed by atoms with van der Waals surface area (Å²) in [5.41, 5.74) is 3.31. The fourth-order valence-electron chi connectivity index (χ4n) is 3.12. The van der Waals surface area contributed by atoms with Gasteiger partial charge in [-0.25, -0.2) is 14.6 Å². The predicted octanol–water partition coefficient (Wildman–Crippen LogP) is 4.09. The maximum Gasteiger partial charge on any atom is 0.490 e. The molecule has 0 radical (unpaired) electrons. The van der Waals surface area contributed by atoms with Gasteiger partial charge in [0.15, 0.2) is 0 Å². The molecule has 0 unspecified atom stereocenters. The molecule has 4 rings (SSSR count). The summed E-state index contributed by atoms with van der Waals surface area (Å²) in [5, 5.41) is 18.5. The van der Waals surface area contributed by atoms with E-state index in [1.54, 1.807) is 18.6 Å². The van der Waals surface area contributed by atoms with Crippen LogP contribution in [0.2, 0.25) is 0 Å². The molecular weight excluding hydrogens is 590 g/mol. The molecule has 0 aliphatic carbocycles. The lowest BCUT2D eigenvalue weighted by Gasteiger charge is -2.17. The Kier molecular flexibility index (Phi) is 12.1. The van der Waals surface area contributed by atoms with E-state index in [9.17, 15) is 31.1 Å². The first-order chi connectivity index (χ1) is 20.1. The highest BCUT2D eigenvalue weighted by molar-refractivity contribution is 5.73. The molecule has 0 fully saturated rings. The summed E-state index contributed by atoms with van der Waals surface area (Å²) < 4.78 is 65.4. The van der Waals surface area contributed by atoms with Crippen molar-refractivity contribution in [2.24, 2.45) is 0 Å². The molecule has 43 heavy (non-hydrogen) atoms. The number of likely N-dealkylation sites (N-methyl/N-ethyl adjacent to an activating group) is 1. The Hall–Kier alpha value is -5.06. The third kappa shape index (κ3) is 12.1. The Bertz CT molecular complexity index is 1480. The molecule has 3 aromatic heterocycles. The number of carbonyl (C=O) groups is 2. The zero-order chi connectivity index (χ0) is 32.2. The van der Waals surface area contributed by atoms with Crippen molar-refractivity contribution in [3.63, 3.8) is 0 Å². The van der Waals surface area contributed by atoms with E-state index in [0.29, 0.717) is 11.5 Å². The number of carboxylic acids is 2. The number of nitrogens with one attached hydrogen (secondary N) is 1. The van der Waals surface area contributed by atoms with Gasteiger partial charge in [-0.1, -0.05) is 24.3 Å². The van der Waals surface area contributed by atoms with Crippen molar-refractivity contribution < 1.29 is 46.1 Å². The van der Waals surface area contributed by atoms with Gasteiger partial charge < -0.3 is 20.1 Å². The van der Waals surface area contributed by atoms with Gasteiger partial charge in [-0.05, 0) is 30.8 Å². The molecule has 0 aliphatic rings. The Balaban J connectivity index is 0.000000384. The Morgan fingerprint density at radius 3 is 2.02 bits per heavy atom. The molecule has 0 saturated heterocycles.